The number of aromatic amines is 1. The molecule has 0 aliphatic carbocycles. The van der Waals surface area contributed by atoms with E-state index in [9.17, 15) is 8.78 Å². The second-order valence-electron chi connectivity index (χ2n) is 4.22. The normalized spacial score (nSPS) is 18.2. The molecule has 94 valence electrons. The molecule has 1 aromatic heterocycles. The van der Waals surface area contributed by atoms with Crippen molar-refractivity contribution >= 4 is 12.2 Å². The highest BCUT2D eigenvalue weighted by molar-refractivity contribution is 7.71. The van der Waals surface area contributed by atoms with Gasteiger partial charge in [-0.1, -0.05) is 0 Å². The predicted molar refractivity (Wildman–Crippen MR) is 64.2 cm³/mol. The van der Waals surface area contributed by atoms with Crippen LogP contribution in [0.5, 0.6) is 5.75 Å². The molecule has 2 heterocycles. The van der Waals surface area contributed by atoms with Gasteiger partial charge < -0.3 is 14.3 Å². The van der Waals surface area contributed by atoms with Crippen LogP contribution < -0.4 is 4.74 Å². The summed E-state index contributed by atoms with van der Waals surface area (Å²) >= 11 is 5.12. The largest absolute Gasteiger partial charge is 0.488 e. The fraction of sp³-hybridized carbons (Fsp3) is 0.250. The molecule has 18 heavy (non-hydrogen) atoms. The van der Waals surface area contributed by atoms with Crippen molar-refractivity contribution < 1.29 is 13.5 Å². The van der Waals surface area contributed by atoms with Crippen LogP contribution in [0.2, 0.25) is 0 Å². The van der Waals surface area contributed by atoms with Crippen molar-refractivity contribution in [2.75, 3.05) is 6.61 Å². The molecule has 3 rings (SSSR count). The van der Waals surface area contributed by atoms with Crippen LogP contribution in [0.25, 0.3) is 0 Å². The van der Waals surface area contributed by atoms with E-state index in [0.717, 1.165) is 6.07 Å². The van der Waals surface area contributed by atoms with E-state index in [1.807, 2.05) is 4.57 Å². The van der Waals surface area contributed by atoms with Gasteiger partial charge in [0.15, 0.2) is 16.3 Å². The highest BCUT2D eigenvalue weighted by atomic mass is 32.1. The van der Waals surface area contributed by atoms with Crippen molar-refractivity contribution in [2.24, 2.45) is 0 Å². The lowest BCUT2D eigenvalue weighted by Crippen LogP contribution is -2.24. The monoisotopic (exact) mass is 268 g/mol. The van der Waals surface area contributed by atoms with Gasteiger partial charge in [0, 0.05) is 30.4 Å². The summed E-state index contributed by atoms with van der Waals surface area (Å²) in [6, 6.07) is 2.10. The number of nitrogens with zero attached hydrogens (tertiary/aromatic N) is 1. The van der Waals surface area contributed by atoms with Crippen LogP contribution in [0.15, 0.2) is 24.5 Å². The average molecular weight is 268 g/mol. The second kappa shape index (κ2) is 4.20. The van der Waals surface area contributed by atoms with Gasteiger partial charge in [0.1, 0.15) is 12.4 Å². The molecule has 3 nitrogen and oxygen atoms in total. The molecule has 1 N–H and O–H groups in total. The van der Waals surface area contributed by atoms with Crippen LogP contribution in [0.4, 0.5) is 8.78 Å². The van der Waals surface area contributed by atoms with Gasteiger partial charge in [0.25, 0.3) is 0 Å². The third-order valence-corrected chi connectivity index (χ3v) is 3.36. The number of fused-ring (bicyclic) bond motifs is 1. The lowest BCUT2D eigenvalue weighted by molar-refractivity contribution is 0.212. The molecular formula is C12H10F2N2OS. The molecule has 1 unspecified atom stereocenters. The molecule has 0 spiro atoms. The number of rotatable bonds is 1. The van der Waals surface area contributed by atoms with Crippen molar-refractivity contribution in [1.29, 1.82) is 0 Å². The van der Waals surface area contributed by atoms with Crippen molar-refractivity contribution in [3.05, 3.63) is 46.5 Å². The van der Waals surface area contributed by atoms with E-state index in [1.54, 1.807) is 12.4 Å². The van der Waals surface area contributed by atoms with Crippen molar-refractivity contribution in [2.45, 2.75) is 12.5 Å². The molecule has 1 aliphatic heterocycles. The number of benzene rings is 1. The predicted octanol–water partition coefficient (Wildman–Crippen LogP) is 3.00. The quantitative estimate of drug-likeness (QED) is 0.806. The molecular weight excluding hydrogens is 258 g/mol. The van der Waals surface area contributed by atoms with E-state index in [-0.39, 0.29) is 11.8 Å². The highest BCUT2D eigenvalue weighted by Crippen LogP contribution is 2.32. The van der Waals surface area contributed by atoms with Gasteiger partial charge in [-0.05, 0) is 18.3 Å². The number of halogens is 2. The Hall–Kier alpha value is -1.69. The Kier molecular flexibility index (Phi) is 2.66. The summed E-state index contributed by atoms with van der Waals surface area (Å²) < 4.78 is 34.4. The Morgan fingerprint density at radius 2 is 2.22 bits per heavy atom. The number of imidazole rings is 1. The van der Waals surface area contributed by atoms with Crippen LogP contribution in [0, 0.1) is 16.4 Å². The molecule has 0 fully saturated rings. The molecule has 0 saturated heterocycles. The fourth-order valence-electron chi connectivity index (χ4n) is 2.22. The molecule has 2 aromatic rings. The molecule has 0 amide bonds. The summed E-state index contributed by atoms with van der Waals surface area (Å²) in [5.41, 5.74) is 0.534. The van der Waals surface area contributed by atoms with Gasteiger partial charge in [-0.15, -0.1) is 0 Å². The van der Waals surface area contributed by atoms with Crippen molar-refractivity contribution in [1.82, 2.24) is 9.55 Å². The zero-order valence-electron chi connectivity index (χ0n) is 9.32. The molecule has 0 radical (unpaired) electrons. The first-order valence-corrected chi connectivity index (χ1v) is 5.92. The summed E-state index contributed by atoms with van der Waals surface area (Å²) in [5, 5.41) is 0. The standard InChI is InChI=1S/C12H10F2N2OS/c13-8-3-7-4-9(16-2-1-15-12(16)18)6-17-11(7)10(14)5-8/h1-3,5,9H,4,6H2,(H,15,18). The zero-order valence-corrected chi connectivity index (χ0v) is 10.1. The van der Waals surface area contributed by atoms with Crippen LogP contribution in [-0.2, 0) is 6.42 Å². The molecule has 0 bridgehead atoms. The zero-order chi connectivity index (χ0) is 12.7. The summed E-state index contributed by atoms with van der Waals surface area (Å²) in [6.45, 7) is 0.321. The van der Waals surface area contributed by atoms with Crippen molar-refractivity contribution in [3.63, 3.8) is 0 Å². The molecule has 1 aliphatic rings. The maximum absolute atomic E-state index is 13.5. The number of ether oxygens (including phenoxy) is 1. The van der Waals surface area contributed by atoms with Crippen molar-refractivity contribution in [3.8, 4) is 5.75 Å². The first-order valence-electron chi connectivity index (χ1n) is 5.51. The summed E-state index contributed by atoms with van der Waals surface area (Å²) in [4.78, 5) is 2.89. The smallest absolute Gasteiger partial charge is 0.177 e. The van der Waals surface area contributed by atoms with Crippen LogP contribution in [0.3, 0.4) is 0 Å². The topological polar surface area (TPSA) is 29.9 Å². The number of H-pyrrole nitrogens is 1. The molecule has 1 aromatic carbocycles. The summed E-state index contributed by atoms with van der Waals surface area (Å²) in [6.07, 6.45) is 4.02. The number of aromatic nitrogens is 2. The Balaban J connectivity index is 1.99. The third kappa shape index (κ3) is 1.82. The van der Waals surface area contributed by atoms with Gasteiger partial charge in [0.2, 0.25) is 0 Å². The SMILES string of the molecule is Fc1cc(F)c2c(c1)CC(n1cc[nH]c1=S)CO2. The van der Waals surface area contributed by atoms with E-state index in [4.69, 9.17) is 17.0 Å². The van der Waals surface area contributed by atoms with E-state index < -0.39 is 11.6 Å². The Bertz CT molecular complexity index is 650. The number of hydrogen-bond donors (Lipinski definition) is 1. The van der Waals surface area contributed by atoms with Crippen LogP contribution in [0.1, 0.15) is 11.6 Å². The summed E-state index contributed by atoms with van der Waals surface area (Å²) in [7, 11) is 0. The lowest BCUT2D eigenvalue weighted by Gasteiger charge is -2.26. The maximum atomic E-state index is 13.5. The number of nitrogens with one attached hydrogen (secondary N) is 1. The Morgan fingerprint density at radius 3 is 2.94 bits per heavy atom. The minimum Gasteiger partial charge on any atom is -0.488 e. The minimum atomic E-state index is -0.652. The van der Waals surface area contributed by atoms with E-state index >= 15 is 0 Å². The van der Waals surface area contributed by atoms with Gasteiger partial charge in [-0.2, -0.15) is 0 Å². The first kappa shape index (κ1) is 11.4. The van der Waals surface area contributed by atoms with Gasteiger partial charge >= 0.3 is 0 Å². The Labute approximate surface area is 107 Å². The molecule has 0 saturated carbocycles. The van der Waals surface area contributed by atoms with Gasteiger partial charge in [-0.3, -0.25) is 0 Å². The fourth-order valence-corrected chi connectivity index (χ4v) is 2.49. The van der Waals surface area contributed by atoms with Gasteiger partial charge in [0.05, 0.1) is 6.04 Å². The summed E-state index contributed by atoms with van der Waals surface area (Å²) in [5.74, 6) is -1.09. The van der Waals surface area contributed by atoms with E-state index in [1.165, 1.54) is 6.07 Å². The molecule has 6 heteroatoms. The van der Waals surface area contributed by atoms with E-state index in [0.29, 0.717) is 23.4 Å². The maximum Gasteiger partial charge on any atom is 0.177 e. The van der Waals surface area contributed by atoms with Crippen LogP contribution >= 0.6 is 12.2 Å². The van der Waals surface area contributed by atoms with Gasteiger partial charge in [-0.25, -0.2) is 8.78 Å². The third-order valence-electron chi connectivity index (χ3n) is 3.03. The Morgan fingerprint density at radius 1 is 1.39 bits per heavy atom. The lowest BCUT2D eigenvalue weighted by atomic mass is 10.0. The van der Waals surface area contributed by atoms with E-state index in [2.05, 4.69) is 4.98 Å². The van der Waals surface area contributed by atoms with Crippen LogP contribution in [-0.4, -0.2) is 16.2 Å². The highest BCUT2D eigenvalue weighted by Gasteiger charge is 2.24. The second-order valence-corrected chi connectivity index (χ2v) is 4.60. The number of hydrogen-bond acceptors (Lipinski definition) is 2. The first-order chi connectivity index (χ1) is 8.65. The molecule has 1 atom stereocenters. The average Bonchev–Trinajstić information content (AvgIpc) is 2.74. The minimum absolute atomic E-state index is 0.0440.